The Morgan fingerprint density at radius 2 is 2.38 bits per heavy atom. The van der Waals surface area contributed by atoms with Crippen LogP contribution in [0, 0.1) is 0 Å². The fraction of sp³-hybridized carbons (Fsp3) is 0.750. The summed E-state index contributed by atoms with van der Waals surface area (Å²) in [5.74, 6) is -0.674. The lowest BCUT2D eigenvalue weighted by molar-refractivity contribution is -0.236. The molecule has 0 aromatic rings. The summed E-state index contributed by atoms with van der Waals surface area (Å²) in [6.07, 6.45) is 0. The van der Waals surface area contributed by atoms with Crippen LogP contribution in [0.2, 0.25) is 0 Å². The molecule has 0 saturated carbocycles. The highest BCUT2D eigenvalue weighted by molar-refractivity contribution is 5.74. The number of nitrogens with one attached hydrogen (secondary N) is 1. The van der Waals surface area contributed by atoms with Crippen LogP contribution in [0.25, 0.3) is 0 Å². The summed E-state index contributed by atoms with van der Waals surface area (Å²) < 4.78 is 0. The zero-order valence-corrected chi connectivity index (χ0v) is 4.84. The lowest BCUT2D eigenvalue weighted by Crippen LogP contribution is -2.31. The second kappa shape index (κ2) is 3.40. The maximum atomic E-state index is 10.2. The van der Waals surface area contributed by atoms with E-state index in [1.807, 2.05) is 0 Å². The van der Waals surface area contributed by atoms with Crippen molar-refractivity contribution in [2.24, 2.45) is 0 Å². The standard InChI is InChI=1S/C4H9NO3/c1-3(5-2)4(6)8-7/h3,5,7H,1-2H3. The van der Waals surface area contributed by atoms with Crippen molar-refractivity contribution in [1.29, 1.82) is 0 Å². The second-order valence-electron chi connectivity index (χ2n) is 1.42. The molecule has 0 aliphatic heterocycles. The zero-order valence-electron chi connectivity index (χ0n) is 4.84. The first kappa shape index (κ1) is 7.39. The van der Waals surface area contributed by atoms with Gasteiger partial charge in [0.1, 0.15) is 6.04 Å². The zero-order chi connectivity index (χ0) is 6.57. The van der Waals surface area contributed by atoms with Crippen LogP contribution in [-0.4, -0.2) is 24.3 Å². The van der Waals surface area contributed by atoms with Gasteiger partial charge in [0.2, 0.25) is 0 Å². The third kappa shape index (κ3) is 1.90. The molecule has 1 atom stereocenters. The van der Waals surface area contributed by atoms with E-state index in [2.05, 4.69) is 10.2 Å². The molecule has 0 radical (unpaired) electrons. The summed E-state index contributed by atoms with van der Waals surface area (Å²) in [7, 11) is 1.60. The monoisotopic (exact) mass is 119 g/mol. The Balaban J connectivity index is 3.46. The number of hydrogen-bond donors (Lipinski definition) is 2. The van der Waals surface area contributed by atoms with Crippen LogP contribution in [0.15, 0.2) is 0 Å². The van der Waals surface area contributed by atoms with Gasteiger partial charge in [-0.15, -0.1) is 0 Å². The number of carbonyl (C=O) groups is 1. The Kier molecular flexibility index (Phi) is 3.14. The fourth-order valence-corrected chi connectivity index (χ4v) is 0.197. The fourth-order valence-electron chi connectivity index (χ4n) is 0.197. The van der Waals surface area contributed by atoms with Crippen molar-refractivity contribution in [2.45, 2.75) is 13.0 Å². The number of likely N-dealkylation sites (N-methyl/N-ethyl adjacent to an activating group) is 1. The van der Waals surface area contributed by atoms with Gasteiger partial charge in [-0.25, -0.2) is 4.79 Å². The summed E-state index contributed by atoms with van der Waals surface area (Å²) in [4.78, 5) is 13.6. The number of carbonyl (C=O) groups excluding carboxylic acids is 1. The van der Waals surface area contributed by atoms with Crippen LogP contribution in [0.4, 0.5) is 0 Å². The minimum atomic E-state index is -0.674. The van der Waals surface area contributed by atoms with Crippen LogP contribution in [0.5, 0.6) is 0 Å². The van der Waals surface area contributed by atoms with Crippen molar-refractivity contribution in [3.63, 3.8) is 0 Å². The van der Waals surface area contributed by atoms with Crippen molar-refractivity contribution >= 4 is 5.97 Å². The van der Waals surface area contributed by atoms with Gasteiger partial charge in [0.25, 0.3) is 0 Å². The van der Waals surface area contributed by atoms with Gasteiger partial charge in [-0.2, -0.15) is 5.26 Å². The minimum Gasteiger partial charge on any atom is -0.308 e. The van der Waals surface area contributed by atoms with Crippen LogP contribution < -0.4 is 5.32 Å². The molecule has 0 aromatic carbocycles. The molecule has 4 nitrogen and oxygen atoms in total. The van der Waals surface area contributed by atoms with Crippen LogP contribution >= 0.6 is 0 Å². The highest BCUT2D eigenvalue weighted by Crippen LogP contribution is 1.80. The topological polar surface area (TPSA) is 58.6 Å². The molecule has 0 aromatic heterocycles. The van der Waals surface area contributed by atoms with E-state index >= 15 is 0 Å². The van der Waals surface area contributed by atoms with Crippen molar-refractivity contribution in [1.82, 2.24) is 5.32 Å². The molecule has 2 N–H and O–H groups in total. The lowest BCUT2D eigenvalue weighted by atomic mass is 10.4. The van der Waals surface area contributed by atoms with Gasteiger partial charge in [0, 0.05) is 0 Å². The van der Waals surface area contributed by atoms with E-state index in [4.69, 9.17) is 5.26 Å². The van der Waals surface area contributed by atoms with Gasteiger partial charge >= 0.3 is 5.97 Å². The molecular weight excluding hydrogens is 110 g/mol. The van der Waals surface area contributed by atoms with Crippen molar-refractivity contribution in [2.75, 3.05) is 7.05 Å². The van der Waals surface area contributed by atoms with E-state index in [1.165, 1.54) is 0 Å². The maximum Gasteiger partial charge on any atom is 0.358 e. The molecule has 0 spiro atoms. The van der Waals surface area contributed by atoms with E-state index in [0.29, 0.717) is 0 Å². The van der Waals surface area contributed by atoms with E-state index in [0.717, 1.165) is 0 Å². The highest BCUT2D eigenvalue weighted by atomic mass is 17.1. The van der Waals surface area contributed by atoms with Gasteiger partial charge in [0.05, 0.1) is 0 Å². The van der Waals surface area contributed by atoms with Crippen LogP contribution in [0.1, 0.15) is 6.92 Å². The summed E-state index contributed by atoms with van der Waals surface area (Å²) >= 11 is 0. The molecule has 0 rings (SSSR count). The molecule has 0 aliphatic rings. The van der Waals surface area contributed by atoms with Crippen LogP contribution in [0.3, 0.4) is 0 Å². The molecule has 0 bridgehead atoms. The maximum absolute atomic E-state index is 10.2. The predicted molar refractivity (Wildman–Crippen MR) is 27.2 cm³/mol. The van der Waals surface area contributed by atoms with Crippen molar-refractivity contribution in [3.8, 4) is 0 Å². The molecule has 0 aliphatic carbocycles. The molecule has 1 unspecified atom stereocenters. The van der Waals surface area contributed by atoms with Crippen LogP contribution in [-0.2, 0) is 9.68 Å². The predicted octanol–water partition coefficient (Wildman–Crippen LogP) is -0.390. The first-order valence-corrected chi connectivity index (χ1v) is 2.25. The van der Waals surface area contributed by atoms with E-state index < -0.39 is 12.0 Å². The third-order valence-electron chi connectivity index (χ3n) is 0.877. The summed E-state index contributed by atoms with van der Waals surface area (Å²) in [6, 6.07) is -0.444. The van der Waals surface area contributed by atoms with E-state index in [-0.39, 0.29) is 0 Å². The van der Waals surface area contributed by atoms with Crippen molar-refractivity contribution < 1.29 is 14.9 Å². The average molecular weight is 119 g/mol. The van der Waals surface area contributed by atoms with Gasteiger partial charge < -0.3 is 5.32 Å². The first-order valence-electron chi connectivity index (χ1n) is 2.25. The molecule has 0 saturated heterocycles. The number of rotatable bonds is 2. The Hall–Kier alpha value is -0.610. The quantitative estimate of drug-likeness (QED) is 0.384. The molecule has 0 heterocycles. The smallest absolute Gasteiger partial charge is 0.308 e. The molecule has 0 fully saturated rings. The van der Waals surface area contributed by atoms with Crippen molar-refractivity contribution in [3.05, 3.63) is 0 Å². The summed E-state index contributed by atoms with van der Waals surface area (Å²) in [6.45, 7) is 1.58. The van der Waals surface area contributed by atoms with Gasteiger partial charge in [0.15, 0.2) is 0 Å². The SMILES string of the molecule is CNC(C)C(=O)OO. The minimum absolute atomic E-state index is 0.444. The lowest BCUT2D eigenvalue weighted by Gasteiger charge is -2.02. The molecular formula is C4H9NO3. The Labute approximate surface area is 47.4 Å². The molecule has 0 amide bonds. The van der Waals surface area contributed by atoms with E-state index in [9.17, 15) is 4.79 Å². The Morgan fingerprint density at radius 1 is 1.88 bits per heavy atom. The summed E-state index contributed by atoms with van der Waals surface area (Å²) in [5.41, 5.74) is 0. The van der Waals surface area contributed by atoms with Gasteiger partial charge in [-0.3, -0.25) is 4.89 Å². The third-order valence-corrected chi connectivity index (χ3v) is 0.877. The van der Waals surface area contributed by atoms with Gasteiger partial charge in [-0.05, 0) is 14.0 Å². The Morgan fingerprint density at radius 3 is 2.50 bits per heavy atom. The first-order chi connectivity index (χ1) is 3.72. The molecule has 48 valence electrons. The van der Waals surface area contributed by atoms with E-state index in [1.54, 1.807) is 14.0 Å². The second-order valence-corrected chi connectivity index (χ2v) is 1.42. The number of hydrogen-bond acceptors (Lipinski definition) is 4. The average Bonchev–Trinajstić information content (AvgIpc) is 1.84. The van der Waals surface area contributed by atoms with Gasteiger partial charge in [-0.1, -0.05) is 0 Å². The Bertz CT molecular complexity index is 83.4. The molecule has 4 heteroatoms. The highest BCUT2D eigenvalue weighted by Gasteiger charge is 2.09. The largest absolute Gasteiger partial charge is 0.358 e. The normalized spacial score (nSPS) is 12.9. The molecule has 8 heavy (non-hydrogen) atoms. The summed E-state index contributed by atoms with van der Waals surface area (Å²) in [5, 5.41) is 10.3.